The molecule has 0 radical (unpaired) electrons. The van der Waals surface area contributed by atoms with Crippen LogP contribution in [0, 0.1) is 0 Å². The van der Waals surface area contributed by atoms with Crippen LogP contribution in [0.15, 0.2) is 54.9 Å². The highest BCUT2D eigenvalue weighted by Crippen LogP contribution is 2.15. The van der Waals surface area contributed by atoms with Crippen LogP contribution in [0.3, 0.4) is 0 Å². The van der Waals surface area contributed by atoms with E-state index in [0.29, 0.717) is 11.1 Å². The molecule has 0 atom stereocenters. The summed E-state index contributed by atoms with van der Waals surface area (Å²) in [6, 6.07) is 9.26. The van der Waals surface area contributed by atoms with Crippen molar-refractivity contribution in [3.63, 3.8) is 0 Å². The Hall–Kier alpha value is -2.56. The van der Waals surface area contributed by atoms with Crippen LogP contribution in [0.1, 0.15) is 15.9 Å². The van der Waals surface area contributed by atoms with Crippen LogP contribution < -0.4 is 4.74 Å². The third-order valence-electron chi connectivity index (χ3n) is 2.50. The molecule has 2 aromatic rings. The Balaban J connectivity index is 2.03. The summed E-state index contributed by atoms with van der Waals surface area (Å²) in [5.41, 5.74) is 1.25. The average molecular weight is 275 g/mol. The van der Waals surface area contributed by atoms with E-state index >= 15 is 0 Å². The number of allylic oxidation sites excluding steroid dienone is 1. The van der Waals surface area contributed by atoms with E-state index in [2.05, 4.69) is 9.72 Å². The molecule has 0 N–H and O–H groups in total. The first-order valence-electron chi connectivity index (χ1n) is 5.82. The molecule has 0 saturated heterocycles. The molecular formula is C15H11F2NO2. The number of ether oxygens (including phenoxy) is 1. The summed E-state index contributed by atoms with van der Waals surface area (Å²) in [5.74, 6) is -0.0714. The third kappa shape index (κ3) is 3.98. The molecule has 2 rings (SSSR count). The molecule has 0 aliphatic heterocycles. The number of hydrogen-bond acceptors (Lipinski definition) is 3. The summed E-state index contributed by atoms with van der Waals surface area (Å²) in [6.07, 6.45) is 6.10. The summed E-state index contributed by atoms with van der Waals surface area (Å²) < 4.78 is 28.2. The van der Waals surface area contributed by atoms with Gasteiger partial charge < -0.3 is 4.74 Å². The average Bonchev–Trinajstić information content (AvgIpc) is 2.46. The van der Waals surface area contributed by atoms with E-state index in [4.69, 9.17) is 0 Å². The van der Waals surface area contributed by atoms with Crippen molar-refractivity contribution in [2.75, 3.05) is 0 Å². The lowest BCUT2D eigenvalue weighted by atomic mass is 10.1. The van der Waals surface area contributed by atoms with E-state index in [1.807, 2.05) is 0 Å². The number of carbonyl (C=O) groups is 1. The van der Waals surface area contributed by atoms with Crippen molar-refractivity contribution < 1.29 is 18.3 Å². The predicted molar refractivity (Wildman–Crippen MR) is 70.7 cm³/mol. The molecule has 5 heteroatoms. The van der Waals surface area contributed by atoms with Crippen molar-refractivity contribution in [1.82, 2.24) is 4.98 Å². The summed E-state index contributed by atoms with van der Waals surface area (Å²) in [4.78, 5) is 15.6. The minimum absolute atomic E-state index is 0.0811. The molecular weight excluding hydrogens is 264 g/mol. The fraction of sp³-hybridized carbons (Fsp3) is 0.0667. The van der Waals surface area contributed by atoms with Crippen LogP contribution in [-0.2, 0) is 0 Å². The molecule has 0 amide bonds. The Kier molecular flexibility index (Phi) is 4.55. The SMILES string of the molecule is O=C(C=Cc1ccc(OC(F)F)cc1)c1ccncc1. The number of ketones is 1. The Bertz CT molecular complexity index is 595. The highest BCUT2D eigenvalue weighted by molar-refractivity contribution is 6.06. The molecule has 0 bridgehead atoms. The first-order chi connectivity index (χ1) is 9.65. The van der Waals surface area contributed by atoms with E-state index in [9.17, 15) is 13.6 Å². The van der Waals surface area contributed by atoms with E-state index < -0.39 is 6.61 Å². The number of rotatable bonds is 5. The molecule has 0 saturated carbocycles. The van der Waals surface area contributed by atoms with Crippen molar-refractivity contribution >= 4 is 11.9 Å². The van der Waals surface area contributed by atoms with Crippen LogP contribution in [0.2, 0.25) is 0 Å². The Labute approximate surface area is 114 Å². The van der Waals surface area contributed by atoms with Gasteiger partial charge in [-0.1, -0.05) is 18.2 Å². The van der Waals surface area contributed by atoms with Gasteiger partial charge in [0.05, 0.1) is 0 Å². The zero-order valence-corrected chi connectivity index (χ0v) is 10.4. The Morgan fingerprint density at radius 2 is 1.75 bits per heavy atom. The lowest BCUT2D eigenvalue weighted by Crippen LogP contribution is -2.01. The molecule has 1 heterocycles. The second-order valence-electron chi connectivity index (χ2n) is 3.88. The summed E-state index contributed by atoms with van der Waals surface area (Å²) in [7, 11) is 0. The minimum atomic E-state index is -2.84. The number of aromatic nitrogens is 1. The first kappa shape index (κ1) is 13.9. The van der Waals surface area contributed by atoms with Crippen molar-refractivity contribution in [2.24, 2.45) is 0 Å². The van der Waals surface area contributed by atoms with Gasteiger partial charge in [-0.2, -0.15) is 8.78 Å². The highest BCUT2D eigenvalue weighted by atomic mass is 19.3. The van der Waals surface area contributed by atoms with Gasteiger partial charge in [0.15, 0.2) is 5.78 Å². The standard InChI is InChI=1S/C15H11F2NO2/c16-15(17)20-13-4-1-11(2-5-13)3-6-14(19)12-7-9-18-10-8-12/h1-10,15H. The van der Waals surface area contributed by atoms with Gasteiger partial charge in [0.2, 0.25) is 0 Å². The van der Waals surface area contributed by atoms with Crippen LogP contribution in [0.25, 0.3) is 6.08 Å². The topological polar surface area (TPSA) is 39.2 Å². The van der Waals surface area contributed by atoms with Crippen LogP contribution in [-0.4, -0.2) is 17.4 Å². The first-order valence-corrected chi connectivity index (χ1v) is 5.82. The van der Waals surface area contributed by atoms with Crippen molar-refractivity contribution in [2.45, 2.75) is 6.61 Å². The van der Waals surface area contributed by atoms with E-state index in [0.717, 1.165) is 0 Å². The molecule has 102 valence electrons. The maximum absolute atomic E-state index is 12.0. The molecule has 0 aliphatic carbocycles. The molecule has 1 aromatic heterocycles. The van der Waals surface area contributed by atoms with Gasteiger partial charge in [-0.05, 0) is 35.9 Å². The number of halogens is 2. The third-order valence-corrected chi connectivity index (χ3v) is 2.50. The fourth-order valence-corrected chi connectivity index (χ4v) is 1.54. The van der Waals surface area contributed by atoms with E-state index in [1.165, 1.54) is 30.6 Å². The summed E-state index contributed by atoms with van der Waals surface area (Å²) in [6.45, 7) is -2.84. The van der Waals surface area contributed by atoms with Crippen molar-refractivity contribution in [3.8, 4) is 5.75 Å². The monoisotopic (exact) mass is 275 g/mol. The largest absolute Gasteiger partial charge is 0.435 e. The van der Waals surface area contributed by atoms with Gasteiger partial charge in [-0.25, -0.2) is 0 Å². The number of nitrogens with zero attached hydrogens (tertiary/aromatic N) is 1. The zero-order valence-electron chi connectivity index (χ0n) is 10.4. The quantitative estimate of drug-likeness (QED) is 0.618. The predicted octanol–water partition coefficient (Wildman–Crippen LogP) is 3.58. The van der Waals surface area contributed by atoms with E-state index in [-0.39, 0.29) is 11.5 Å². The van der Waals surface area contributed by atoms with Crippen LogP contribution in [0.5, 0.6) is 5.75 Å². The normalized spacial score (nSPS) is 10.9. The lowest BCUT2D eigenvalue weighted by Gasteiger charge is -2.03. The maximum Gasteiger partial charge on any atom is 0.387 e. The van der Waals surface area contributed by atoms with Gasteiger partial charge in [-0.3, -0.25) is 9.78 Å². The van der Waals surface area contributed by atoms with Gasteiger partial charge in [0.1, 0.15) is 5.75 Å². The fourth-order valence-electron chi connectivity index (χ4n) is 1.54. The minimum Gasteiger partial charge on any atom is -0.435 e. The van der Waals surface area contributed by atoms with Gasteiger partial charge in [0, 0.05) is 18.0 Å². The van der Waals surface area contributed by atoms with Crippen LogP contribution >= 0.6 is 0 Å². The van der Waals surface area contributed by atoms with Crippen LogP contribution in [0.4, 0.5) is 8.78 Å². The molecule has 0 spiro atoms. The second-order valence-corrected chi connectivity index (χ2v) is 3.88. The molecule has 1 aromatic carbocycles. The number of hydrogen-bond donors (Lipinski definition) is 0. The number of benzene rings is 1. The Morgan fingerprint density at radius 1 is 1.10 bits per heavy atom. The summed E-state index contributed by atoms with van der Waals surface area (Å²) in [5, 5.41) is 0. The number of carbonyl (C=O) groups excluding carboxylic acids is 1. The maximum atomic E-state index is 12.0. The highest BCUT2D eigenvalue weighted by Gasteiger charge is 2.03. The number of alkyl halides is 2. The van der Waals surface area contributed by atoms with Crippen molar-refractivity contribution in [3.05, 3.63) is 66.0 Å². The molecule has 0 unspecified atom stereocenters. The van der Waals surface area contributed by atoms with Gasteiger partial charge in [0.25, 0.3) is 0 Å². The molecule has 20 heavy (non-hydrogen) atoms. The number of pyridine rings is 1. The zero-order chi connectivity index (χ0) is 14.4. The van der Waals surface area contributed by atoms with Gasteiger partial charge in [-0.15, -0.1) is 0 Å². The second kappa shape index (κ2) is 6.56. The summed E-state index contributed by atoms with van der Waals surface area (Å²) >= 11 is 0. The molecule has 3 nitrogen and oxygen atoms in total. The van der Waals surface area contributed by atoms with Crippen molar-refractivity contribution in [1.29, 1.82) is 0 Å². The Morgan fingerprint density at radius 3 is 2.35 bits per heavy atom. The smallest absolute Gasteiger partial charge is 0.387 e. The van der Waals surface area contributed by atoms with Gasteiger partial charge >= 0.3 is 6.61 Å². The molecule has 0 aliphatic rings. The molecule has 0 fully saturated rings. The lowest BCUT2D eigenvalue weighted by molar-refractivity contribution is -0.0498. The van der Waals surface area contributed by atoms with E-state index in [1.54, 1.807) is 30.3 Å².